The van der Waals surface area contributed by atoms with Gasteiger partial charge in [0.1, 0.15) is 12.4 Å². The van der Waals surface area contributed by atoms with Crippen molar-refractivity contribution in [3.05, 3.63) is 28.8 Å². The molecule has 0 aliphatic heterocycles. The summed E-state index contributed by atoms with van der Waals surface area (Å²) in [5.74, 6) is 6.28. The van der Waals surface area contributed by atoms with E-state index >= 15 is 0 Å². The zero-order chi connectivity index (χ0) is 11.8. The molecule has 0 saturated heterocycles. The van der Waals surface area contributed by atoms with Crippen LogP contribution in [-0.4, -0.2) is 13.2 Å². The van der Waals surface area contributed by atoms with Crippen molar-refractivity contribution < 1.29 is 4.74 Å². The SMILES string of the molecule is CC#CCOc1ccc(CNCC)cc1Cl. The number of halogens is 1. The van der Waals surface area contributed by atoms with Crippen LogP contribution in [0.25, 0.3) is 0 Å². The minimum absolute atomic E-state index is 0.378. The van der Waals surface area contributed by atoms with Gasteiger partial charge in [0, 0.05) is 6.54 Å². The van der Waals surface area contributed by atoms with Crippen LogP contribution in [0.4, 0.5) is 0 Å². The fourth-order valence-corrected chi connectivity index (χ4v) is 1.48. The number of benzene rings is 1. The summed E-state index contributed by atoms with van der Waals surface area (Å²) in [7, 11) is 0. The Morgan fingerprint density at radius 1 is 1.44 bits per heavy atom. The summed E-state index contributed by atoms with van der Waals surface area (Å²) in [6.07, 6.45) is 0. The third-order valence-corrected chi connectivity index (χ3v) is 2.35. The zero-order valence-electron chi connectivity index (χ0n) is 9.64. The Hall–Kier alpha value is -1.17. The van der Waals surface area contributed by atoms with E-state index in [1.54, 1.807) is 6.92 Å². The van der Waals surface area contributed by atoms with Gasteiger partial charge in [-0.3, -0.25) is 0 Å². The van der Waals surface area contributed by atoms with Gasteiger partial charge < -0.3 is 10.1 Å². The highest BCUT2D eigenvalue weighted by molar-refractivity contribution is 6.32. The van der Waals surface area contributed by atoms with E-state index in [4.69, 9.17) is 16.3 Å². The van der Waals surface area contributed by atoms with Crippen molar-refractivity contribution in [2.24, 2.45) is 0 Å². The summed E-state index contributed by atoms with van der Waals surface area (Å²) in [6, 6.07) is 5.80. The molecule has 2 nitrogen and oxygen atoms in total. The van der Waals surface area contributed by atoms with Gasteiger partial charge in [0.2, 0.25) is 0 Å². The van der Waals surface area contributed by atoms with Crippen molar-refractivity contribution in [3.8, 4) is 17.6 Å². The number of hydrogen-bond donors (Lipinski definition) is 1. The molecule has 3 heteroatoms. The molecule has 1 aromatic carbocycles. The Morgan fingerprint density at radius 2 is 2.25 bits per heavy atom. The molecule has 86 valence electrons. The van der Waals surface area contributed by atoms with Crippen molar-refractivity contribution >= 4 is 11.6 Å². The predicted octanol–water partition coefficient (Wildman–Crippen LogP) is 2.85. The van der Waals surface area contributed by atoms with Gasteiger partial charge in [-0.1, -0.05) is 30.5 Å². The van der Waals surface area contributed by atoms with Crippen molar-refractivity contribution in [3.63, 3.8) is 0 Å². The van der Waals surface area contributed by atoms with Crippen molar-refractivity contribution in [2.75, 3.05) is 13.2 Å². The molecule has 0 heterocycles. The first kappa shape index (κ1) is 12.9. The van der Waals surface area contributed by atoms with Gasteiger partial charge >= 0.3 is 0 Å². The summed E-state index contributed by atoms with van der Waals surface area (Å²) < 4.78 is 5.41. The first-order chi connectivity index (χ1) is 7.77. The monoisotopic (exact) mass is 237 g/mol. The van der Waals surface area contributed by atoms with Crippen molar-refractivity contribution in [2.45, 2.75) is 20.4 Å². The van der Waals surface area contributed by atoms with Crippen LogP contribution in [0.15, 0.2) is 18.2 Å². The maximum absolute atomic E-state index is 6.09. The molecule has 0 spiro atoms. The highest BCUT2D eigenvalue weighted by Crippen LogP contribution is 2.25. The van der Waals surface area contributed by atoms with Crippen LogP contribution in [0.5, 0.6) is 5.75 Å². The molecule has 1 N–H and O–H groups in total. The molecule has 0 aliphatic rings. The summed E-state index contributed by atoms with van der Waals surface area (Å²) in [5.41, 5.74) is 1.15. The molecular weight excluding hydrogens is 222 g/mol. The largest absolute Gasteiger partial charge is 0.479 e. The molecule has 16 heavy (non-hydrogen) atoms. The van der Waals surface area contributed by atoms with Gasteiger partial charge in [-0.15, -0.1) is 5.92 Å². The molecule has 0 aliphatic carbocycles. The number of ether oxygens (including phenoxy) is 1. The van der Waals surface area contributed by atoms with Crippen LogP contribution in [0, 0.1) is 11.8 Å². The van der Waals surface area contributed by atoms with E-state index in [-0.39, 0.29) is 0 Å². The summed E-state index contributed by atoms with van der Waals surface area (Å²) in [5, 5.41) is 3.87. The normalized spacial score (nSPS) is 9.44. The first-order valence-electron chi connectivity index (χ1n) is 5.29. The second kappa shape index (κ2) is 7.16. The van der Waals surface area contributed by atoms with Gasteiger partial charge in [-0.05, 0) is 31.2 Å². The van der Waals surface area contributed by atoms with Gasteiger partial charge in [0.15, 0.2) is 0 Å². The molecule has 0 bridgehead atoms. The lowest BCUT2D eigenvalue weighted by Gasteiger charge is -2.07. The molecule has 0 aromatic heterocycles. The fourth-order valence-electron chi connectivity index (χ4n) is 1.23. The highest BCUT2D eigenvalue weighted by Gasteiger charge is 2.02. The number of nitrogens with one attached hydrogen (secondary N) is 1. The van der Waals surface area contributed by atoms with Gasteiger partial charge in [0.05, 0.1) is 5.02 Å². The quantitative estimate of drug-likeness (QED) is 0.796. The van der Waals surface area contributed by atoms with E-state index < -0.39 is 0 Å². The molecule has 1 aromatic rings. The molecule has 0 amide bonds. The van der Waals surface area contributed by atoms with Crippen LogP contribution >= 0.6 is 11.6 Å². The van der Waals surface area contributed by atoms with E-state index in [0.717, 1.165) is 18.7 Å². The summed E-state index contributed by atoms with van der Waals surface area (Å²) in [4.78, 5) is 0. The average Bonchev–Trinajstić information content (AvgIpc) is 2.29. The van der Waals surface area contributed by atoms with Gasteiger partial charge in [-0.2, -0.15) is 0 Å². The van der Waals surface area contributed by atoms with Crippen LogP contribution in [0.3, 0.4) is 0 Å². The van der Waals surface area contributed by atoms with E-state index in [2.05, 4.69) is 24.1 Å². The molecule has 1 rings (SSSR count). The average molecular weight is 238 g/mol. The lowest BCUT2D eigenvalue weighted by molar-refractivity contribution is 0.370. The third-order valence-electron chi connectivity index (χ3n) is 2.05. The minimum Gasteiger partial charge on any atom is -0.479 e. The molecule has 0 atom stereocenters. The van der Waals surface area contributed by atoms with Crippen LogP contribution in [0.1, 0.15) is 19.4 Å². The number of hydrogen-bond acceptors (Lipinski definition) is 2. The fraction of sp³-hybridized carbons (Fsp3) is 0.385. The van der Waals surface area contributed by atoms with Gasteiger partial charge in [0.25, 0.3) is 0 Å². The Labute approximate surface area is 102 Å². The van der Waals surface area contributed by atoms with Crippen molar-refractivity contribution in [1.29, 1.82) is 0 Å². The van der Waals surface area contributed by atoms with E-state index in [0.29, 0.717) is 17.4 Å². The topological polar surface area (TPSA) is 21.3 Å². The predicted molar refractivity (Wildman–Crippen MR) is 67.8 cm³/mol. The smallest absolute Gasteiger partial charge is 0.149 e. The maximum Gasteiger partial charge on any atom is 0.149 e. The van der Waals surface area contributed by atoms with E-state index in [1.165, 1.54) is 0 Å². The second-order valence-corrected chi connectivity index (χ2v) is 3.67. The zero-order valence-corrected chi connectivity index (χ0v) is 10.4. The lowest BCUT2D eigenvalue weighted by atomic mass is 10.2. The van der Waals surface area contributed by atoms with Gasteiger partial charge in [-0.25, -0.2) is 0 Å². The number of rotatable bonds is 5. The Morgan fingerprint density at radius 3 is 2.88 bits per heavy atom. The Bertz CT molecular complexity index is 393. The maximum atomic E-state index is 6.09. The molecule has 0 unspecified atom stereocenters. The van der Waals surface area contributed by atoms with Crippen LogP contribution in [-0.2, 0) is 6.54 Å². The lowest BCUT2D eigenvalue weighted by Crippen LogP contribution is -2.11. The molecular formula is C13H16ClNO. The van der Waals surface area contributed by atoms with Crippen LogP contribution < -0.4 is 10.1 Å². The highest BCUT2D eigenvalue weighted by atomic mass is 35.5. The first-order valence-corrected chi connectivity index (χ1v) is 5.67. The molecule has 0 saturated carbocycles. The van der Waals surface area contributed by atoms with E-state index in [9.17, 15) is 0 Å². The summed E-state index contributed by atoms with van der Waals surface area (Å²) >= 11 is 6.09. The van der Waals surface area contributed by atoms with Crippen molar-refractivity contribution in [1.82, 2.24) is 5.32 Å². The second-order valence-electron chi connectivity index (χ2n) is 3.26. The Balaban J connectivity index is 2.62. The minimum atomic E-state index is 0.378. The Kier molecular flexibility index (Phi) is 5.77. The summed E-state index contributed by atoms with van der Waals surface area (Å²) in [6.45, 7) is 6.00. The molecule has 0 fully saturated rings. The molecule has 0 radical (unpaired) electrons. The van der Waals surface area contributed by atoms with E-state index in [1.807, 2.05) is 18.2 Å². The third kappa shape index (κ3) is 4.14. The standard InChI is InChI=1S/C13H16ClNO/c1-3-5-8-16-13-7-6-11(9-12(13)14)10-15-4-2/h6-7,9,15H,4,8,10H2,1-2H3. The van der Waals surface area contributed by atoms with Crippen LogP contribution in [0.2, 0.25) is 5.02 Å².